The molecule has 0 aromatic heterocycles. The monoisotopic (exact) mass is 264 g/mol. The number of carboxylic acid groups (broad SMARTS) is 1. The third-order valence-corrected chi connectivity index (χ3v) is 2.77. The first kappa shape index (κ1) is 14.7. The number of amides is 2. The van der Waals surface area contributed by atoms with Gasteiger partial charge in [-0.1, -0.05) is 18.2 Å². The predicted octanol–water partition coefficient (Wildman–Crippen LogP) is 0.477. The third-order valence-electron chi connectivity index (χ3n) is 2.77. The second kappa shape index (κ2) is 6.53. The fourth-order valence-corrected chi connectivity index (χ4v) is 1.71. The molecule has 1 aromatic rings. The first-order chi connectivity index (χ1) is 8.93. The van der Waals surface area contributed by atoms with Crippen LogP contribution in [0.15, 0.2) is 30.3 Å². The first-order valence-corrected chi connectivity index (χ1v) is 5.76. The summed E-state index contributed by atoms with van der Waals surface area (Å²) in [6.45, 7) is 0. The van der Waals surface area contributed by atoms with E-state index in [-0.39, 0.29) is 18.7 Å². The molecule has 0 heterocycles. The number of nitrogens with zero attached hydrogens (tertiary/aromatic N) is 1. The highest BCUT2D eigenvalue weighted by Gasteiger charge is 2.26. The molecule has 0 fully saturated rings. The molecule has 0 spiro atoms. The molecular formula is C13H16N2O4. The van der Waals surface area contributed by atoms with Crippen molar-refractivity contribution in [1.29, 1.82) is 0 Å². The van der Waals surface area contributed by atoms with Crippen LogP contribution in [0, 0.1) is 0 Å². The van der Waals surface area contributed by atoms with Gasteiger partial charge in [-0.2, -0.15) is 0 Å². The van der Waals surface area contributed by atoms with Crippen molar-refractivity contribution in [2.45, 2.75) is 18.9 Å². The number of nitrogens with two attached hydrogens (primary N) is 1. The van der Waals surface area contributed by atoms with Gasteiger partial charge in [0.05, 0.1) is 0 Å². The molecule has 2 amide bonds. The van der Waals surface area contributed by atoms with E-state index in [1.165, 1.54) is 11.9 Å². The summed E-state index contributed by atoms with van der Waals surface area (Å²) in [5, 5.41) is 8.63. The topological polar surface area (TPSA) is 101 Å². The number of benzene rings is 1. The lowest BCUT2D eigenvalue weighted by atomic mass is 10.1. The van der Waals surface area contributed by atoms with Gasteiger partial charge < -0.3 is 15.7 Å². The van der Waals surface area contributed by atoms with E-state index in [1.54, 1.807) is 30.3 Å². The summed E-state index contributed by atoms with van der Waals surface area (Å²) in [5.74, 6) is -2.12. The van der Waals surface area contributed by atoms with Gasteiger partial charge in [-0.15, -0.1) is 0 Å². The van der Waals surface area contributed by atoms with Gasteiger partial charge in [0.25, 0.3) is 5.91 Å². The lowest BCUT2D eigenvalue weighted by molar-refractivity contribution is -0.137. The van der Waals surface area contributed by atoms with Gasteiger partial charge in [-0.05, 0) is 18.6 Å². The molecule has 0 radical (unpaired) electrons. The molecule has 6 nitrogen and oxygen atoms in total. The van der Waals surface area contributed by atoms with Crippen LogP contribution in [0.5, 0.6) is 0 Å². The average Bonchev–Trinajstić information content (AvgIpc) is 2.38. The van der Waals surface area contributed by atoms with Crippen molar-refractivity contribution in [2.75, 3.05) is 7.05 Å². The molecule has 3 N–H and O–H groups in total. The normalized spacial score (nSPS) is 11.6. The second-order valence-corrected chi connectivity index (χ2v) is 4.13. The van der Waals surface area contributed by atoms with E-state index in [1.807, 2.05) is 0 Å². The molecule has 1 atom stereocenters. The molecule has 0 saturated heterocycles. The van der Waals surface area contributed by atoms with E-state index >= 15 is 0 Å². The van der Waals surface area contributed by atoms with Gasteiger partial charge >= 0.3 is 5.97 Å². The fraction of sp³-hybridized carbons (Fsp3) is 0.308. The SMILES string of the molecule is CN(C(=O)c1ccccc1)C(CCC(=O)O)C(N)=O. The minimum absolute atomic E-state index is 0.000258. The van der Waals surface area contributed by atoms with E-state index < -0.39 is 17.9 Å². The number of rotatable bonds is 6. The lowest BCUT2D eigenvalue weighted by Gasteiger charge is -2.25. The van der Waals surface area contributed by atoms with Crippen LogP contribution in [0.25, 0.3) is 0 Å². The van der Waals surface area contributed by atoms with Crippen molar-refractivity contribution in [3.05, 3.63) is 35.9 Å². The van der Waals surface area contributed by atoms with Crippen LogP contribution in [0.3, 0.4) is 0 Å². The summed E-state index contributed by atoms with van der Waals surface area (Å²) < 4.78 is 0. The Bertz CT molecular complexity index is 473. The standard InChI is InChI=1S/C13H16N2O4/c1-15(10(12(14)18)7-8-11(16)17)13(19)9-5-3-2-4-6-9/h2-6,10H,7-8H2,1H3,(H2,14,18)(H,16,17). The second-order valence-electron chi connectivity index (χ2n) is 4.13. The van der Waals surface area contributed by atoms with E-state index in [0.717, 1.165) is 0 Å². The molecule has 6 heteroatoms. The number of likely N-dealkylation sites (N-methyl/N-ethyl adjacent to an activating group) is 1. The average molecular weight is 264 g/mol. The summed E-state index contributed by atoms with van der Waals surface area (Å²) >= 11 is 0. The van der Waals surface area contributed by atoms with Crippen LogP contribution in [0.2, 0.25) is 0 Å². The van der Waals surface area contributed by atoms with Crippen molar-refractivity contribution in [2.24, 2.45) is 5.73 Å². The van der Waals surface area contributed by atoms with Crippen molar-refractivity contribution < 1.29 is 19.5 Å². The summed E-state index contributed by atoms with van der Waals surface area (Å²) in [7, 11) is 1.44. The largest absolute Gasteiger partial charge is 0.481 e. The summed E-state index contributed by atoms with van der Waals surface area (Å²) in [4.78, 5) is 35.1. The number of carbonyl (C=O) groups is 3. The molecule has 0 aliphatic carbocycles. The van der Waals surface area contributed by atoms with Crippen molar-refractivity contribution in [3.63, 3.8) is 0 Å². The summed E-state index contributed by atoms with van der Waals surface area (Å²) in [6, 6.07) is 7.49. The number of carbonyl (C=O) groups excluding carboxylic acids is 2. The number of aliphatic carboxylic acids is 1. The summed E-state index contributed by atoms with van der Waals surface area (Å²) in [5.41, 5.74) is 5.64. The number of primary amides is 1. The molecule has 1 aromatic carbocycles. The first-order valence-electron chi connectivity index (χ1n) is 5.76. The maximum Gasteiger partial charge on any atom is 0.303 e. The Kier molecular flexibility index (Phi) is 5.05. The zero-order valence-corrected chi connectivity index (χ0v) is 10.6. The van der Waals surface area contributed by atoms with Crippen LogP contribution in [0.4, 0.5) is 0 Å². The quantitative estimate of drug-likeness (QED) is 0.780. The zero-order valence-electron chi connectivity index (χ0n) is 10.6. The molecule has 0 aliphatic rings. The van der Waals surface area contributed by atoms with Crippen molar-refractivity contribution in [1.82, 2.24) is 4.90 Å². The van der Waals surface area contributed by atoms with Crippen molar-refractivity contribution >= 4 is 17.8 Å². The highest BCUT2D eigenvalue weighted by Crippen LogP contribution is 2.10. The van der Waals surface area contributed by atoms with Crippen molar-refractivity contribution in [3.8, 4) is 0 Å². The van der Waals surface area contributed by atoms with Gasteiger partial charge in [-0.3, -0.25) is 14.4 Å². The maximum atomic E-state index is 12.1. The lowest BCUT2D eigenvalue weighted by Crippen LogP contribution is -2.45. The Hall–Kier alpha value is -2.37. The number of hydrogen-bond donors (Lipinski definition) is 2. The highest BCUT2D eigenvalue weighted by molar-refractivity contribution is 5.97. The maximum absolute atomic E-state index is 12.1. The van der Waals surface area contributed by atoms with E-state index in [4.69, 9.17) is 10.8 Å². The Morgan fingerprint density at radius 1 is 1.26 bits per heavy atom. The Balaban J connectivity index is 2.82. The van der Waals surface area contributed by atoms with Crippen LogP contribution in [-0.4, -0.2) is 40.9 Å². The molecule has 1 rings (SSSR count). The molecule has 0 bridgehead atoms. The van der Waals surface area contributed by atoms with Gasteiger partial charge in [0.2, 0.25) is 5.91 Å². The Labute approximate surface area is 110 Å². The number of hydrogen-bond acceptors (Lipinski definition) is 3. The molecule has 0 saturated carbocycles. The molecule has 0 aliphatic heterocycles. The number of carboxylic acids is 1. The smallest absolute Gasteiger partial charge is 0.303 e. The highest BCUT2D eigenvalue weighted by atomic mass is 16.4. The van der Waals surface area contributed by atoms with Crippen LogP contribution in [-0.2, 0) is 9.59 Å². The molecular weight excluding hydrogens is 248 g/mol. The van der Waals surface area contributed by atoms with Gasteiger partial charge in [0, 0.05) is 19.0 Å². The third kappa shape index (κ3) is 4.09. The zero-order chi connectivity index (χ0) is 14.4. The minimum Gasteiger partial charge on any atom is -0.481 e. The van der Waals surface area contributed by atoms with E-state index in [0.29, 0.717) is 5.56 Å². The van der Waals surface area contributed by atoms with Crippen LogP contribution >= 0.6 is 0 Å². The van der Waals surface area contributed by atoms with Crippen LogP contribution in [0.1, 0.15) is 23.2 Å². The van der Waals surface area contributed by atoms with E-state index in [9.17, 15) is 14.4 Å². The molecule has 19 heavy (non-hydrogen) atoms. The van der Waals surface area contributed by atoms with Gasteiger partial charge in [0.1, 0.15) is 6.04 Å². The summed E-state index contributed by atoms with van der Waals surface area (Å²) in [6.07, 6.45) is -0.222. The van der Waals surface area contributed by atoms with Gasteiger partial charge in [-0.25, -0.2) is 0 Å². The molecule has 102 valence electrons. The van der Waals surface area contributed by atoms with E-state index in [2.05, 4.69) is 0 Å². The van der Waals surface area contributed by atoms with Crippen LogP contribution < -0.4 is 5.73 Å². The minimum atomic E-state index is -1.04. The molecule has 1 unspecified atom stereocenters. The Morgan fingerprint density at radius 2 is 1.84 bits per heavy atom. The fourth-order valence-electron chi connectivity index (χ4n) is 1.71. The Morgan fingerprint density at radius 3 is 2.32 bits per heavy atom. The predicted molar refractivity (Wildman–Crippen MR) is 68.4 cm³/mol. The van der Waals surface area contributed by atoms with Gasteiger partial charge in [0.15, 0.2) is 0 Å².